The average molecular weight is 276 g/mol. The number of rotatable bonds is 4. The van der Waals surface area contributed by atoms with Gasteiger partial charge in [0.2, 0.25) is 0 Å². The van der Waals surface area contributed by atoms with Gasteiger partial charge in [-0.25, -0.2) is 4.79 Å². The number of hydrogen-bond donors (Lipinski definition) is 1. The molecule has 0 saturated carbocycles. The molecule has 2 aliphatic carbocycles. The van der Waals surface area contributed by atoms with Crippen molar-refractivity contribution >= 4 is 5.97 Å². The molecule has 4 heteroatoms. The average Bonchev–Trinajstić information content (AvgIpc) is 2.46. The fourth-order valence-electron chi connectivity index (χ4n) is 2.45. The van der Waals surface area contributed by atoms with Crippen molar-refractivity contribution in [2.75, 3.05) is 13.7 Å². The van der Waals surface area contributed by atoms with Gasteiger partial charge in [-0.1, -0.05) is 24.3 Å². The molecule has 2 rings (SSSR count). The maximum absolute atomic E-state index is 12.0. The van der Waals surface area contributed by atoms with E-state index < -0.39 is 17.2 Å². The van der Waals surface area contributed by atoms with Crippen LogP contribution in [0.2, 0.25) is 0 Å². The van der Waals surface area contributed by atoms with E-state index in [0.29, 0.717) is 0 Å². The monoisotopic (exact) mass is 276 g/mol. The third kappa shape index (κ3) is 2.25. The summed E-state index contributed by atoms with van der Waals surface area (Å²) in [7, 11) is 1.47. The first-order chi connectivity index (χ1) is 9.47. The summed E-state index contributed by atoms with van der Waals surface area (Å²) in [5.74, 6) is -0.699. The lowest BCUT2D eigenvalue weighted by Crippen LogP contribution is -2.57. The summed E-state index contributed by atoms with van der Waals surface area (Å²) in [5.41, 5.74) is -1.02. The number of aliphatic hydroxyl groups is 1. The van der Waals surface area contributed by atoms with Crippen molar-refractivity contribution in [3.63, 3.8) is 0 Å². The second-order valence-corrected chi connectivity index (χ2v) is 5.02. The zero-order valence-corrected chi connectivity index (χ0v) is 12.1. The molecule has 2 unspecified atom stereocenters. The second-order valence-electron chi connectivity index (χ2n) is 5.02. The van der Waals surface area contributed by atoms with E-state index in [1.54, 1.807) is 19.1 Å². The predicted octanol–water partition coefficient (Wildman–Crippen LogP) is 2.07. The zero-order valence-electron chi connectivity index (χ0n) is 12.1. The number of allylic oxidation sites excluding steroid dienone is 6. The molecular weight excluding hydrogens is 256 g/mol. The molecular formula is C16H20O4. The number of carbonyl (C=O) groups excluding carboxylic acids is 1. The van der Waals surface area contributed by atoms with Crippen molar-refractivity contribution in [3.05, 3.63) is 47.6 Å². The second kappa shape index (κ2) is 5.38. The standard InChI is InChI=1S/C16H20O4/c1-4-20-14(17)15(2,18)16(19-3)10-9-12-7-5-6-8-13(12)11-16/h6-11,18H,4-5H2,1-3H3. The first-order valence-corrected chi connectivity index (χ1v) is 6.71. The summed E-state index contributed by atoms with van der Waals surface area (Å²) in [6, 6.07) is 0. The van der Waals surface area contributed by atoms with Gasteiger partial charge in [-0.05, 0) is 43.6 Å². The van der Waals surface area contributed by atoms with Crippen LogP contribution < -0.4 is 0 Å². The summed E-state index contributed by atoms with van der Waals surface area (Å²) >= 11 is 0. The Bertz CT molecular complexity index is 523. The Balaban J connectivity index is 2.43. The Hall–Kier alpha value is -1.65. The lowest BCUT2D eigenvalue weighted by Gasteiger charge is -2.40. The third-order valence-corrected chi connectivity index (χ3v) is 3.76. The number of esters is 1. The highest BCUT2D eigenvalue weighted by molar-refractivity contribution is 5.82. The van der Waals surface area contributed by atoms with E-state index in [1.165, 1.54) is 14.0 Å². The molecule has 0 aromatic rings. The van der Waals surface area contributed by atoms with Crippen LogP contribution in [0.1, 0.15) is 20.3 Å². The Morgan fingerprint density at radius 1 is 1.45 bits per heavy atom. The molecule has 0 heterocycles. The number of carbonyl (C=O) groups is 1. The van der Waals surface area contributed by atoms with E-state index in [4.69, 9.17) is 9.47 Å². The quantitative estimate of drug-likeness (QED) is 0.799. The van der Waals surface area contributed by atoms with Gasteiger partial charge < -0.3 is 14.6 Å². The van der Waals surface area contributed by atoms with E-state index in [2.05, 4.69) is 6.08 Å². The van der Waals surface area contributed by atoms with E-state index in [0.717, 1.165) is 17.6 Å². The Kier molecular flexibility index (Phi) is 3.97. The molecule has 0 spiro atoms. The van der Waals surface area contributed by atoms with Crippen LogP contribution in [0, 0.1) is 0 Å². The minimum atomic E-state index is -1.79. The Morgan fingerprint density at radius 3 is 2.85 bits per heavy atom. The maximum Gasteiger partial charge on any atom is 0.341 e. The van der Waals surface area contributed by atoms with E-state index in [9.17, 15) is 9.90 Å². The molecule has 2 atom stereocenters. The van der Waals surface area contributed by atoms with Crippen molar-refractivity contribution in [1.82, 2.24) is 0 Å². The van der Waals surface area contributed by atoms with E-state index in [-0.39, 0.29) is 6.61 Å². The number of hydrogen-bond acceptors (Lipinski definition) is 4. The van der Waals surface area contributed by atoms with Crippen molar-refractivity contribution in [3.8, 4) is 0 Å². The fraction of sp³-hybridized carbons (Fsp3) is 0.438. The molecule has 1 N–H and O–H groups in total. The van der Waals surface area contributed by atoms with Crippen LogP contribution >= 0.6 is 0 Å². The van der Waals surface area contributed by atoms with Gasteiger partial charge in [-0.2, -0.15) is 0 Å². The smallest absolute Gasteiger partial charge is 0.341 e. The molecule has 0 radical (unpaired) electrons. The molecule has 20 heavy (non-hydrogen) atoms. The lowest BCUT2D eigenvalue weighted by molar-refractivity contribution is -0.182. The number of ether oxygens (including phenoxy) is 2. The largest absolute Gasteiger partial charge is 0.464 e. The van der Waals surface area contributed by atoms with Gasteiger partial charge >= 0.3 is 5.97 Å². The summed E-state index contributed by atoms with van der Waals surface area (Å²) in [6.07, 6.45) is 12.3. The van der Waals surface area contributed by atoms with Crippen molar-refractivity contribution in [1.29, 1.82) is 0 Å². The first kappa shape index (κ1) is 14.8. The molecule has 0 fully saturated rings. The predicted molar refractivity (Wildman–Crippen MR) is 76.1 cm³/mol. The highest BCUT2D eigenvalue weighted by Gasteiger charge is 2.52. The highest BCUT2D eigenvalue weighted by Crippen LogP contribution is 2.37. The van der Waals surface area contributed by atoms with Crippen molar-refractivity contribution in [2.24, 2.45) is 0 Å². The van der Waals surface area contributed by atoms with E-state index >= 15 is 0 Å². The zero-order chi connectivity index (χ0) is 14.8. The Morgan fingerprint density at radius 2 is 2.20 bits per heavy atom. The minimum absolute atomic E-state index is 0.208. The summed E-state index contributed by atoms with van der Waals surface area (Å²) in [5, 5.41) is 10.6. The van der Waals surface area contributed by atoms with Gasteiger partial charge in [0.1, 0.15) is 5.60 Å². The summed E-state index contributed by atoms with van der Waals surface area (Å²) < 4.78 is 10.4. The minimum Gasteiger partial charge on any atom is -0.464 e. The molecule has 0 amide bonds. The first-order valence-electron chi connectivity index (χ1n) is 6.71. The molecule has 0 saturated heterocycles. The molecule has 2 aliphatic rings. The number of fused-ring (bicyclic) bond motifs is 1. The van der Waals surface area contributed by atoms with Crippen LogP contribution in [-0.4, -0.2) is 36.0 Å². The van der Waals surface area contributed by atoms with Crippen LogP contribution in [0.3, 0.4) is 0 Å². The van der Waals surface area contributed by atoms with Gasteiger partial charge in [0.05, 0.1) is 6.61 Å². The SMILES string of the molecule is CCOC(=O)C(C)(O)C1(OC)C=CC2=CCC=CC2=C1. The maximum atomic E-state index is 12.0. The third-order valence-electron chi connectivity index (χ3n) is 3.76. The van der Waals surface area contributed by atoms with Crippen LogP contribution in [-0.2, 0) is 14.3 Å². The van der Waals surface area contributed by atoms with Crippen LogP contribution in [0.4, 0.5) is 0 Å². The number of methoxy groups -OCH3 is 1. The van der Waals surface area contributed by atoms with Crippen molar-refractivity contribution < 1.29 is 19.4 Å². The van der Waals surface area contributed by atoms with Crippen LogP contribution in [0.25, 0.3) is 0 Å². The van der Waals surface area contributed by atoms with Gasteiger partial charge in [-0.15, -0.1) is 0 Å². The summed E-state index contributed by atoms with van der Waals surface area (Å²) in [6.45, 7) is 3.32. The van der Waals surface area contributed by atoms with Gasteiger partial charge in [0, 0.05) is 7.11 Å². The van der Waals surface area contributed by atoms with Crippen LogP contribution in [0.5, 0.6) is 0 Å². The van der Waals surface area contributed by atoms with Gasteiger partial charge in [-0.3, -0.25) is 0 Å². The Labute approximate surface area is 119 Å². The van der Waals surface area contributed by atoms with Gasteiger partial charge in [0.15, 0.2) is 5.60 Å². The molecule has 0 aromatic heterocycles. The topological polar surface area (TPSA) is 55.8 Å². The lowest BCUT2D eigenvalue weighted by atomic mass is 9.77. The fourth-order valence-corrected chi connectivity index (χ4v) is 2.45. The van der Waals surface area contributed by atoms with Crippen molar-refractivity contribution in [2.45, 2.75) is 31.5 Å². The molecule has 0 aromatic carbocycles. The summed E-state index contributed by atoms with van der Waals surface area (Å²) in [4.78, 5) is 12.0. The molecule has 0 aliphatic heterocycles. The molecule has 0 bridgehead atoms. The molecule has 4 nitrogen and oxygen atoms in total. The molecule has 108 valence electrons. The normalized spacial score (nSPS) is 27.2. The van der Waals surface area contributed by atoms with Crippen LogP contribution in [0.15, 0.2) is 47.6 Å². The van der Waals surface area contributed by atoms with E-state index in [1.807, 2.05) is 18.2 Å². The highest BCUT2D eigenvalue weighted by atomic mass is 16.6. The van der Waals surface area contributed by atoms with Gasteiger partial charge in [0.25, 0.3) is 0 Å².